The summed E-state index contributed by atoms with van der Waals surface area (Å²) in [5, 5.41) is 22.9. The van der Waals surface area contributed by atoms with Crippen molar-refractivity contribution in [3.8, 4) is 23.2 Å². The Bertz CT molecular complexity index is 1180. The normalized spacial score (nSPS) is 11.7. The largest absolute Gasteiger partial charge is 0.390 e. The quantitative estimate of drug-likeness (QED) is 0.500. The number of hydrogen-bond acceptors (Lipinski definition) is 6. The fraction of sp³-hybridized carbons (Fsp3) is 0.174. The van der Waals surface area contributed by atoms with Gasteiger partial charge < -0.3 is 19.3 Å². The van der Waals surface area contributed by atoms with Crippen LogP contribution in [0.3, 0.4) is 0 Å². The molecule has 1 aromatic carbocycles. The van der Waals surface area contributed by atoms with Gasteiger partial charge in [-0.1, -0.05) is 17.0 Å². The predicted molar refractivity (Wildman–Crippen MR) is 110 cm³/mol. The first-order valence-electron chi connectivity index (χ1n) is 9.45. The number of hydrogen-bond donors (Lipinski definition) is 2. The smallest absolute Gasteiger partial charge is 0.167 e. The molecule has 3 heterocycles. The molecule has 0 bridgehead atoms. The highest BCUT2D eigenvalue weighted by Gasteiger charge is 2.12. The summed E-state index contributed by atoms with van der Waals surface area (Å²) in [6, 6.07) is 13.2. The zero-order chi connectivity index (χ0) is 20.9. The number of aliphatic hydroxyl groups is 2. The standard InChI is InChI=1S/C23H20N4O3/c1-16(29)23-24-10-11-27(23)14-21-12-22(30-26-21)19-7-4-17(5-8-19)2-3-18-6-9-20(15-28)25-13-18/h4-13,16,28-29H,14-15H2,1H3. The lowest BCUT2D eigenvalue weighted by Gasteiger charge is -2.07. The molecule has 4 rings (SSSR count). The van der Waals surface area contributed by atoms with Gasteiger partial charge in [-0.3, -0.25) is 4.98 Å². The van der Waals surface area contributed by atoms with Gasteiger partial charge in [-0.25, -0.2) is 4.98 Å². The first-order valence-corrected chi connectivity index (χ1v) is 9.45. The Kier molecular flexibility index (Phi) is 5.70. The molecule has 7 heteroatoms. The molecule has 0 amide bonds. The van der Waals surface area contributed by atoms with E-state index in [4.69, 9.17) is 9.63 Å². The van der Waals surface area contributed by atoms with Crippen LogP contribution < -0.4 is 0 Å². The zero-order valence-corrected chi connectivity index (χ0v) is 16.4. The molecule has 0 saturated carbocycles. The lowest BCUT2D eigenvalue weighted by Crippen LogP contribution is -2.07. The van der Waals surface area contributed by atoms with Crippen molar-refractivity contribution in [1.29, 1.82) is 0 Å². The van der Waals surface area contributed by atoms with Crippen LogP contribution in [0.2, 0.25) is 0 Å². The van der Waals surface area contributed by atoms with Crippen molar-refractivity contribution < 1.29 is 14.7 Å². The first kappa shape index (κ1) is 19.6. The van der Waals surface area contributed by atoms with Crippen molar-refractivity contribution >= 4 is 0 Å². The second kappa shape index (κ2) is 8.74. The van der Waals surface area contributed by atoms with E-state index in [1.54, 1.807) is 31.6 Å². The molecule has 1 atom stereocenters. The maximum absolute atomic E-state index is 9.77. The van der Waals surface area contributed by atoms with Crippen LogP contribution in [0.15, 0.2) is 65.6 Å². The van der Waals surface area contributed by atoms with Crippen LogP contribution in [0.5, 0.6) is 0 Å². The van der Waals surface area contributed by atoms with Crippen molar-refractivity contribution in [2.75, 3.05) is 0 Å². The molecule has 150 valence electrons. The van der Waals surface area contributed by atoms with E-state index < -0.39 is 6.10 Å². The molecule has 0 fully saturated rings. The summed E-state index contributed by atoms with van der Waals surface area (Å²) >= 11 is 0. The van der Waals surface area contributed by atoms with Crippen LogP contribution in [0.1, 0.15) is 41.4 Å². The molecule has 3 aromatic heterocycles. The Hall–Kier alpha value is -3.73. The Morgan fingerprint density at radius 3 is 2.50 bits per heavy atom. The molecule has 0 aliphatic heterocycles. The summed E-state index contributed by atoms with van der Waals surface area (Å²) in [6.07, 6.45) is 4.45. The van der Waals surface area contributed by atoms with Gasteiger partial charge in [0.1, 0.15) is 17.6 Å². The summed E-state index contributed by atoms with van der Waals surface area (Å²) in [5.41, 5.74) is 3.91. The van der Waals surface area contributed by atoms with Crippen molar-refractivity contribution in [3.05, 3.63) is 89.4 Å². The summed E-state index contributed by atoms with van der Waals surface area (Å²) in [6.45, 7) is 2.07. The molecule has 0 radical (unpaired) electrons. The van der Waals surface area contributed by atoms with Crippen LogP contribution in [-0.2, 0) is 13.2 Å². The van der Waals surface area contributed by atoms with Gasteiger partial charge >= 0.3 is 0 Å². The molecule has 0 aliphatic carbocycles. The van der Waals surface area contributed by atoms with Crippen LogP contribution in [0.25, 0.3) is 11.3 Å². The number of pyridine rings is 1. The van der Waals surface area contributed by atoms with Gasteiger partial charge in [0.15, 0.2) is 5.76 Å². The molecule has 4 aromatic rings. The third-order valence-electron chi connectivity index (χ3n) is 4.52. The van der Waals surface area contributed by atoms with Gasteiger partial charge in [-0.05, 0) is 43.3 Å². The van der Waals surface area contributed by atoms with E-state index in [9.17, 15) is 5.11 Å². The van der Waals surface area contributed by atoms with Gasteiger partial charge in [0.25, 0.3) is 0 Å². The van der Waals surface area contributed by atoms with E-state index in [-0.39, 0.29) is 6.61 Å². The summed E-state index contributed by atoms with van der Waals surface area (Å²) in [7, 11) is 0. The van der Waals surface area contributed by atoms with Crippen molar-refractivity contribution in [1.82, 2.24) is 19.7 Å². The Labute approximate surface area is 173 Å². The van der Waals surface area contributed by atoms with E-state index in [1.165, 1.54) is 0 Å². The first-order chi connectivity index (χ1) is 14.6. The van der Waals surface area contributed by atoms with Crippen LogP contribution in [0, 0.1) is 11.8 Å². The fourth-order valence-corrected chi connectivity index (χ4v) is 2.97. The minimum Gasteiger partial charge on any atom is -0.390 e. The highest BCUT2D eigenvalue weighted by molar-refractivity contribution is 5.59. The van der Waals surface area contributed by atoms with Gasteiger partial charge in [-0.2, -0.15) is 0 Å². The van der Waals surface area contributed by atoms with Gasteiger partial charge in [0.05, 0.1) is 18.8 Å². The van der Waals surface area contributed by atoms with Gasteiger partial charge in [-0.15, -0.1) is 0 Å². The highest BCUT2D eigenvalue weighted by Crippen LogP contribution is 2.22. The maximum atomic E-state index is 9.77. The van der Waals surface area contributed by atoms with E-state index in [0.29, 0.717) is 23.8 Å². The summed E-state index contributed by atoms with van der Waals surface area (Å²) in [4.78, 5) is 8.28. The lowest BCUT2D eigenvalue weighted by molar-refractivity contribution is 0.184. The molecule has 2 N–H and O–H groups in total. The maximum Gasteiger partial charge on any atom is 0.167 e. The fourth-order valence-electron chi connectivity index (χ4n) is 2.97. The predicted octanol–water partition coefficient (Wildman–Crippen LogP) is 2.93. The van der Waals surface area contributed by atoms with Crippen molar-refractivity contribution in [2.45, 2.75) is 26.2 Å². The lowest BCUT2D eigenvalue weighted by atomic mass is 10.1. The van der Waals surface area contributed by atoms with E-state index in [0.717, 1.165) is 22.4 Å². The number of rotatable bonds is 5. The van der Waals surface area contributed by atoms with Crippen molar-refractivity contribution in [2.24, 2.45) is 0 Å². The average Bonchev–Trinajstić information content (AvgIpc) is 3.43. The van der Waals surface area contributed by atoms with Crippen LogP contribution >= 0.6 is 0 Å². The van der Waals surface area contributed by atoms with Gasteiger partial charge in [0, 0.05) is 41.3 Å². The average molecular weight is 400 g/mol. The Balaban J connectivity index is 1.46. The number of aliphatic hydroxyl groups excluding tert-OH is 2. The van der Waals surface area contributed by atoms with Crippen molar-refractivity contribution in [3.63, 3.8) is 0 Å². The Morgan fingerprint density at radius 1 is 1.03 bits per heavy atom. The molecular weight excluding hydrogens is 380 g/mol. The number of imidazole rings is 1. The third-order valence-corrected chi connectivity index (χ3v) is 4.52. The summed E-state index contributed by atoms with van der Waals surface area (Å²) in [5.74, 6) is 7.40. The number of benzene rings is 1. The minimum absolute atomic E-state index is 0.0808. The second-order valence-electron chi connectivity index (χ2n) is 6.80. The Morgan fingerprint density at radius 2 is 1.80 bits per heavy atom. The minimum atomic E-state index is -0.650. The van der Waals surface area contributed by atoms with Gasteiger partial charge in [0.2, 0.25) is 0 Å². The SMILES string of the molecule is CC(O)c1nccn1Cc1cc(-c2ccc(C#Cc3ccc(CO)nc3)cc2)on1. The van der Waals surface area contributed by atoms with E-state index in [2.05, 4.69) is 27.0 Å². The molecule has 7 nitrogen and oxygen atoms in total. The molecule has 0 spiro atoms. The number of nitrogens with zero attached hydrogens (tertiary/aromatic N) is 4. The van der Waals surface area contributed by atoms with Crippen LogP contribution in [-0.4, -0.2) is 29.9 Å². The van der Waals surface area contributed by atoms with E-state index in [1.807, 2.05) is 41.0 Å². The third kappa shape index (κ3) is 4.46. The second-order valence-corrected chi connectivity index (χ2v) is 6.80. The molecule has 0 saturated heterocycles. The highest BCUT2D eigenvalue weighted by atomic mass is 16.5. The number of aromatic nitrogens is 4. The van der Waals surface area contributed by atoms with Crippen LogP contribution in [0.4, 0.5) is 0 Å². The van der Waals surface area contributed by atoms with E-state index >= 15 is 0 Å². The zero-order valence-electron chi connectivity index (χ0n) is 16.4. The molecular formula is C23H20N4O3. The molecule has 1 unspecified atom stereocenters. The topological polar surface area (TPSA) is 97.2 Å². The molecule has 0 aliphatic rings. The molecule has 30 heavy (non-hydrogen) atoms. The summed E-state index contributed by atoms with van der Waals surface area (Å²) < 4.78 is 7.32. The monoisotopic (exact) mass is 400 g/mol.